The molecular formula is C9H16O2. The second-order valence-corrected chi connectivity index (χ2v) is 3.66. The van der Waals surface area contributed by atoms with Crippen LogP contribution >= 0.6 is 0 Å². The molecule has 1 saturated heterocycles. The van der Waals surface area contributed by atoms with Crippen LogP contribution in [-0.4, -0.2) is 20.0 Å². The van der Waals surface area contributed by atoms with E-state index in [9.17, 15) is 0 Å². The number of hydrogen-bond acceptors (Lipinski definition) is 2. The molecule has 2 nitrogen and oxygen atoms in total. The largest absolute Gasteiger partial charge is 0.355 e. The van der Waals surface area contributed by atoms with Crippen molar-refractivity contribution < 1.29 is 9.47 Å². The zero-order valence-corrected chi connectivity index (χ0v) is 6.92. The minimum Gasteiger partial charge on any atom is -0.355 e. The molecule has 0 radical (unpaired) electrons. The molecule has 0 amide bonds. The average Bonchev–Trinajstić information content (AvgIpc) is 2.58. The van der Waals surface area contributed by atoms with Crippen LogP contribution in [0, 0.1) is 11.8 Å². The Morgan fingerprint density at radius 1 is 0.818 bits per heavy atom. The molecular weight excluding hydrogens is 140 g/mol. The lowest BCUT2D eigenvalue weighted by Crippen LogP contribution is -2.29. The molecule has 2 aliphatic rings. The first kappa shape index (κ1) is 7.56. The van der Waals surface area contributed by atoms with Crippen LogP contribution in [0.4, 0.5) is 0 Å². The number of ether oxygens (including phenoxy) is 2. The molecule has 2 heteroatoms. The average molecular weight is 156 g/mol. The minimum absolute atomic E-state index is 0.517. The minimum atomic E-state index is 0.517. The van der Waals surface area contributed by atoms with Crippen LogP contribution in [0.15, 0.2) is 0 Å². The molecule has 64 valence electrons. The lowest BCUT2D eigenvalue weighted by molar-refractivity contribution is -0.136. The number of rotatable bonds is 1. The smallest absolute Gasteiger partial charge is 0.146 e. The molecule has 0 bridgehead atoms. The first-order valence-corrected chi connectivity index (χ1v) is 4.62. The first-order valence-electron chi connectivity index (χ1n) is 4.62. The van der Waals surface area contributed by atoms with Crippen LogP contribution in [0.25, 0.3) is 0 Å². The van der Waals surface area contributed by atoms with Crippen molar-refractivity contribution in [1.82, 2.24) is 0 Å². The molecule has 0 aromatic carbocycles. The van der Waals surface area contributed by atoms with Crippen LogP contribution in [0.3, 0.4) is 0 Å². The zero-order valence-electron chi connectivity index (χ0n) is 6.92. The first-order chi connectivity index (χ1) is 5.47. The van der Waals surface area contributed by atoms with Crippen LogP contribution in [-0.2, 0) is 9.47 Å². The van der Waals surface area contributed by atoms with E-state index in [1.54, 1.807) is 0 Å². The van der Waals surface area contributed by atoms with Crippen LogP contribution < -0.4 is 0 Å². The van der Waals surface area contributed by atoms with Gasteiger partial charge in [0.1, 0.15) is 6.79 Å². The molecule has 0 aromatic rings. The van der Waals surface area contributed by atoms with Crippen molar-refractivity contribution in [2.24, 2.45) is 11.8 Å². The van der Waals surface area contributed by atoms with Gasteiger partial charge in [0.2, 0.25) is 0 Å². The fourth-order valence-electron chi connectivity index (χ4n) is 2.21. The molecule has 2 fully saturated rings. The summed E-state index contributed by atoms with van der Waals surface area (Å²) in [7, 11) is 0. The van der Waals surface area contributed by atoms with Gasteiger partial charge in [-0.15, -0.1) is 0 Å². The number of hydrogen-bond donors (Lipinski definition) is 0. The van der Waals surface area contributed by atoms with Gasteiger partial charge in [0.25, 0.3) is 0 Å². The van der Waals surface area contributed by atoms with Crippen molar-refractivity contribution >= 4 is 0 Å². The van der Waals surface area contributed by atoms with Gasteiger partial charge < -0.3 is 9.47 Å². The quantitative estimate of drug-likeness (QED) is 0.576. The van der Waals surface area contributed by atoms with Gasteiger partial charge in [-0.05, 0) is 5.92 Å². The molecule has 0 atom stereocenters. The Balaban J connectivity index is 1.82. The summed E-state index contributed by atoms with van der Waals surface area (Å²) >= 11 is 0. The van der Waals surface area contributed by atoms with E-state index in [1.807, 2.05) is 0 Å². The molecule has 1 heterocycles. The van der Waals surface area contributed by atoms with Crippen LogP contribution in [0.2, 0.25) is 0 Å². The Bertz CT molecular complexity index is 113. The van der Waals surface area contributed by atoms with E-state index >= 15 is 0 Å². The third-order valence-corrected chi connectivity index (χ3v) is 2.90. The van der Waals surface area contributed by atoms with E-state index in [0.29, 0.717) is 12.7 Å². The summed E-state index contributed by atoms with van der Waals surface area (Å²) < 4.78 is 10.5. The molecule has 0 unspecified atom stereocenters. The fraction of sp³-hybridized carbons (Fsp3) is 1.00. The maximum Gasteiger partial charge on any atom is 0.146 e. The topological polar surface area (TPSA) is 18.5 Å². The van der Waals surface area contributed by atoms with Crippen LogP contribution in [0.5, 0.6) is 0 Å². The van der Waals surface area contributed by atoms with E-state index in [1.165, 1.54) is 25.7 Å². The summed E-state index contributed by atoms with van der Waals surface area (Å²) in [5.41, 5.74) is 0. The molecule has 1 saturated carbocycles. The second kappa shape index (κ2) is 3.55. The van der Waals surface area contributed by atoms with E-state index in [2.05, 4.69) is 0 Å². The van der Waals surface area contributed by atoms with E-state index in [-0.39, 0.29) is 0 Å². The van der Waals surface area contributed by atoms with Crippen molar-refractivity contribution in [3.05, 3.63) is 0 Å². The SMILES string of the molecule is C1CCC(C2COCOC2)C1. The Kier molecular flexibility index (Phi) is 2.44. The van der Waals surface area contributed by atoms with E-state index in [4.69, 9.17) is 9.47 Å². The van der Waals surface area contributed by atoms with Gasteiger partial charge >= 0.3 is 0 Å². The monoisotopic (exact) mass is 156 g/mol. The maximum absolute atomic E-state index is 5.27. The van der Waals surface area contributed by atoms with Crippen molar-refractivity contribution in [1.29, 1.82) is 0 Å². The molecule has 1 aliphatic carbocycles. The lowest BCUT2D eigenvalue weighted by Gasteiger charge is -2.27. The Hall–Kier alpha value is -0.0800. The Labute approximate surface area is 67.9 Å². The summed E-state index contributed by atoms with van der Waals surface area (Å²) in [5.74, 6) is 1.60. The van der Waals surface area contributed by atoms with Gasteiger partial charge in [-0.25, -0.2) is 0 Å². The molecule has 2 rings (SSSR count). The van der Waals surface area contributed by atoms with Gasteiger partial charge in [-0.1, -0.05) is 25.7 Å². The molecule has 0 spiro atoms. The summed E-state index contributed by atoms with van der Waals surface area (Å²) in [5, 5.41) is 0. The summed E-state index contributed by atoms with van der Waals surface area (Å²) in [6, 6.07) is 0. The highest BCUT2D eigenvalue weighted by atomic mass is 16.7. The van der Waals surface area contributed by atoms with Gasteiger partial charge in [0, 0.05) is 5.92 Å². The highest BCUT2D eigenvalue weighted by Crippen LogP contribution is 2.32. The second-order valence-electron chi connectivity index (χ2n) is 3.66. The normalized spacial score (nSPS) is 29.5. The van der Waals surface area contributed by atoms with Gasteiger partial charge in [-0.2, -0.15) is 0 Å². The van der Waals surface area contributed by atoms with Gasteiger partial charge in [0.15, 0.2) is 0 Å². The Morgan fingerprint density at radius 2 is 1.45 bits per heavy atom. The summed E-state index contributed by atoms with van der Waals surface area (Å²) in [6.07, 6.45) is 5.64. The van der Waals surface area contributed by atoms with Crippen molar-refractivity contribution in [3.8, 4) is 0 Å². The van der Waals surface area contributed by atoms with E-state index < -0.39 is 0 Å². The summed E-state index contributed by atoms with van der Waals surface area (Å²) in [6.45, 7) is 2.39. The summed E-state index contributed by atoms with van der Waals surface area (Å²) in [4.78, 5) is 0. The molecule has 11 heavy (non-hydrogen) atoms. The van der Waals surface area contributed by atoms with E-state index in [0.717, 1.165) is 19.1 Å². The van der Waals surface area contributed by atoms with Crippen molar-refractivity contribution in [3.63, 3.8) is 0 Å². The lowest BCUT2D eigenvalue weighted by atomic mass is 9.92. The third kappa shape index (κ3) is 1.74. The van der Waals surface area contributed by atoms with Crippen molar-refractivity contribution in [2.45, 2.75) is 25.7 Å². The van der Waals surface area contributed by atoms with Gasteiger partial charge in [-0.3, -0.25) is 0 Å². The third-order valence-electron chi connectivity index (χ3n) is 2.90. The van der Waals surface area contributed by atoms with Gasteiger partial charge in [0.05, 0.1) is 13.2 Å². The molecule has 0 aromatic heterocycles. The predicted molar refractivity (Wildman–Crippen MR) is 42.2 cm³/mol. The highest BCUT2D eigenvalue weighted by Gasteiger charge is 2.26. The molecule has 0 N–H and O–H groups in total. The van der Waals surface area contributed by atoms with Crippen molar-refractivity contribution in [2.75, 3.05) is 20.0 Å². The Morgan fingerprint density at radius 3 is 2.09 bits per heavy atom. The maximum atomic E-state index is 5.27. The fourth-order valence-corrected chi connectivity index (χ4v) is 2.21. The highest BCUT2D eigenvalue weighted by molar-refractivity contribution is 4.75. The zero-order chi connectivity index (χ0) is 7.52. The van der Waals surface area contributed by atoms with Crippen LogP contribution in [0.1, 0.15) is 25.7 Å². The molecule has 1 aliphatic heterocycles. The predicted octanol–water partition coefficient (Wildman–Crippen LogP) is 1.80. The standard InChI is InChI=1S/C9H16O2/c1-2-4-8(3-1)9-5-10-7-11-6-9/h8-9H,1-7H2.